The van der Waals surface area contributed by atoms with Crippen LogP contribution < -0.4 is 11.1 Å². The molecule has 0 saturated heterocycles. The molecule has 0 spiro atoms. The Balaban J connectivity index is 2.57. The largest absolute Gasteiger partial charge is 0.367 e. The first-order valence-electron chi connectivity index (χ1n) is 6.13. The number of hydrogen-bond acceptors (Lipinski definition) is 2. The van der Waals surface area contributed by atoms with Gasteiger partial charge in [-0.05, 0) is 31.2 Å². The normalized spacial score (nSPS) is 13.5. The smallest absolute Gasteiger partial charge is 0.247 e. The molecule has 1 atom stereocenters. The number of primary amides is 1. The number of nitrogens with two attached hydrogens (primary N) is 1. The number of hydrogen-bond donors (Lipinski definition) is 2. The van der Waals surface area contributed by atoms with Gasteiger partial charge in [-0.1, -0.05) is 29.8 Å². The van der Waals surface area contributed by atoms with E-state index < -0.39 is 28.6 Å². The minimum atomic E-state index is -1.78. The number of amides is 1. The van der Waals surface area contributed by atoms with Crippen LogP contribution in [-0.4, -0.2) is 5.91 Å². The van der Waals surface area contributed by atoms with Crippen LogP contribution in [0.15, 0.2) is 42.5 Å². The molecule has 1 amide bonds. The van der Waals surface area contributed by atoms with Crippen molar-refractivity contribution in [2.75, 3.05) is 5.32 Å². The van der Waals surface area contributed by atoms with Crippen molar-refractivity contribution in [2.24, 2.45) is 5.73 Å². The zero-order valence-corrected chi connectivity index (χ0v) is 11.9. The third-order valence-electron chi connectivity index (χ3n) is 3.21. The van der Waals surface area contributed by atoms with Gasteiger partial charge in [-0.25, -0.2) is 8.78 Å². The van der Waals surface area contributed by atoms with E-state index in [2.05, 4.69) is 5.32 Å². The number of para-hydroxylation sites is 1. The van der Waals surface area contributed by atoms with Gasteiger partial charge in [0.05, 0.1) is 16.3 Å². The van der Waals surface area contributed by atoms with E-state index in [1.807, 2.05) is 0 Å². The molecule has 110 valence electrons. The SMILES string of the molecule is CC(Nc1ccccc1Cl)(C(N)=O)c1c(F)cccc1F. The summed E-state index contributed by atoms with van der Waals surface area (Å²) in [6.07, 6.45) is 0. The van der Waals surface area contributed by atoms with Crippen LogP contribution in [-0.2, 0) is 10.3 Å². The summed E-state index contributed by atoms with van der Waals surface area (Å²) in [5, 5.41) is 3.04. The van der Waals surface area contributed by atoms with E-state index in [-0.39, 0.29) is 0 Å². The quantitative estimate of drug-likeness (QED) is 0.909. The molecule has 0 aliphatic rings. The lowest BCUT2D eigenvalue weighted by molar-refractivity contribution is -0.122. The van der Waals surface area contributed by atoms with Crippen LogP contribution >= 0.6 is 11.6 Å². The Morgan fingerprint density at radius 2 is 1.71 bits per heavy atom. The number of benzene rings is 2. The molecule has 0 radical (unpaired) electrons. The molecular weight excluding hydrogens is 298 g/mol. The molecule has 2 rings (SSSR count). The molecule has 0 heterocycles. The minimum Gasteiger partial charge on any atom is -0.367 e. The van der Waals surface area contributed by atoms with Crippen molar-refractivity contribution in [3.05, 3.63) is 64.7 Å². The highest BCUT2D eigenvalue weighted by atomic mass is 35.5. The van der Waals surface area contributed by atoms with E-state index in [9.17, 15) is 13.6 Å². The molecule has 1 unspecified atom stereocenters. The van der Waals surface area contributed by atoms with Gasteiger partial charge in [-0.3, -0.25) is 4.79 Å². The van der Waals surface area contributed by atoms with Crippen LogP contribution in [0.3, 0.4) is 0 Å². The van der Waals surface area contributed by atoms with Gasteiger partial charge in [0.2, 0.25) is 5.91 Å². The predicted octanol–water partition coefficient (Wildman–Crippen LogP) is 3.43. The Morgan fingerprint density at radius 1 is 1.14 bits per heavy atom. The zero-order valence-electron chi connectivity index (χ0n) is 11.2. The van der Waals surface area contributed by atoms with E-state index in [0.717, 1.165) is 12.1 Å². The maximum atomic E-state index is 14.0. The van der Waals surface area contributed by atoms with Crippen molar-refractivity contribution in [3.8, 4) is 0 Å². The van der Waals surface area contributed by atoms with Crippen LogP contribution in [0.4, 0.5) is 14.5 Å². The number of nitrogens with one attached hydrogen (secondary N) is 1. The average molecular weight is 311 g/mol. The molecule has 21 heavy (non-hydrogen) atoms. The van der Waals surface area contributed by atoms with Crippen molar-refractivity contribution >= 4 is 23.2 Å². The fraction of sp³-hybridized carbons (Fsp3) is 0.133. The highest BCUT2D eigenvalue weighted by Gasteiger charge is 2.38. The van der Waals surface area contributed by atoms with E-state index in [0.29, 0.717) is 10.7 Å². The molecule has 0 aliphatic heterocycles. The van der Waals surface area contributed by atoms with Crippen LogP contribution in [0.1, 0.15) is 12.5 Å². The summed E-state index contributed by atoms with van der Waals surface area (Å²) in [7, 11) is 0. The van der Waals surface area contributed by atoms with Gasteiger partial charge < -0.3 is 11.1 Å². The third kappa shape index (κ3) is 2.83. The summed E-state index contributed by atoms with van der Waals surface area (Å²) in [5.74, 6) is -2.65. The molecule has 2 aromatic rings. The molecule has 3 nitrogen and oxygen atoms in total. The molecule has 6 heteroatoms. The zero-order chi connectivity index (χ0) is 15.6. The number of carbonyl (C=O) groups excluding carboxylic acids is 1. The Kier molecular flexibility index (Phi) is 4.14. The summed E-state index contributed by atoms with van der Waals surface area (Å²) in [4.78, 5) is 11.8. The molecule has 0 aromatic heterocycles. The number of halogens is 3. The summed E-state index contributed by atoms with van der Waals surface area (Å²) in [6.45, 7) is 1.31. The van der Waals surface area contributed by atoms with Crippen LogP contribution in [0, 0.1) is 11.6 Å². The van der Waals surface area contributed by atoms with E-state index in [1.54, 1.807) is 24.3 Å². The van der Waals surface area contributed by atoms with Crippen molar-refractivity contribution < 1.29 is 13.6 Å². The standard InChI is InChI=1S/C15H13ClF2N2O/c1-15(14(19)21,13-10(17)6-4-7-11(13)18)20-12-8-3-2-5-9(12)16/h2-8,20H,1H3,(H2,19,21). The second-order valence-corrected chi connectivity index (χ2v) is 5.10. The summed E-state index contributed by atoms with van der Waals surface area (Å²) < 4.78 is 28.0. The van der Waals surface area contributed by atoms with Crippen LogP contribution in [0.5, 0.6) is 0 Å². The average Bonchev–Trinajstić information content (AvgIpc) is 2.41. The molecule has 3 N–H and O–H groups in total. The lowest BCUT2D eigenvalue weighted by atomic mass is 9.89. The molecule has 0 bridgehead atoms. The Hall–Kier alpha value is -2.14. The van der Waals surface area contributed by atoms with Crippen molar-refractivity contribution in [1.29, 1.82) is 0 Å². The lowest BCUT2D eigenvalue weighted by Gasteiger charge is -2.30. The minimum absolute atomic E-state index is 0.307. The van der Waals surface area contributed by atoms with Crippen molar-refractivity contribution in [1.82, 2.24) is 0 Å². The van der Waals surface area contributed by atoms with Gasteiger partial charge in [0.15, 0.2) is 0 Å². The Bertz CT molecular complexity index is 673. The van der Waals surface area contributed by atoms with Gasteiger partial charge in [-0.15, -0.1) is 0 Å². The molecule has 0 aliphatic carbocycles. The number of anilines is 1. The van der Waals surface area contributed by atoms with Gasteiger partial charge >= 0.3 is 0 Å². The summed E-state index contributed by atoms with van der Waals surface area (Å²) >= 11 is 6.00. The van der Waals surface area contributed by atoms with Crippen molar-refractivity contribution in [3.63, 3.8) is 0 Å². The maximum absolute atomic E-state index is 14.0. The Morgan fingerprint density at radius 3 is 2.24 bits per heavy atom. The first-order chi connectivity index (χ1) is 9.86. The topological polar surface area (TPSA) is 55.1 Å². The van der Waals surface area contributed by atoms with E-state index in [4.69, 9.17) is 17.3 Å². The first-order valence-corrected chi connectivity index (χ1v) is 6.51. The van der Waals surface area contributed by atoms with Gasteiger partial charge in [-0.2, -0.15) is 0 Å². The highest BCUT2D eigenvalue weighted by molar-refractivity contribution is 6.33. The van der Waals surface area contributed by atoms with Crippen molar-refractivity contribution in [2.45, 2.75) is 12.5 Å². The van der Waals surface area contributed by atoms with Gasteiger partial charge in [0.25, 0.3) is 0 Å². The summed E-state index contributed by atoms with van der Waals surface area (Å²) in [5.41, 5.74) is 3.49. The van der Waals surface area contributed by atoms with Crippen LogP contribution in [0.25, 0.3) is 0 Å². The predicted molar refractivity (Wildman–Crippen MR) is 78.0 cm³/mol. The van der Waals surface area contributed by atoms with E-state index >= 15 is 0 Å². The van der Waals surface area contributed by atoms with Gasteiger partial charge in [0.1, 0.15) is 17.2 Å². The molecule has 2 aromatic carbocycles. The Labute approximate surface area is 125 Å². The monoisotopic (exact) mass is 310 g/mol. The second kappa shape index (κ2) is 5.69. The highest BCUT2D eigenvalue weighted by Crippen LogP contribution is 2.32. The fourth-order valence-corrected chi connectivity index (χ4v) is 2.24. The first kappa shape index (κ1) is 15.3. The molecule has 0 fully saturated rings. The van der Waals surface area contributed by atoms with Gasteiger partial charge in [0, 0.05) is 0 Å². The lowest BCUT2D eigenvalue weighted by Crippen LogP contribution is -2.46. The number of carbonyl (C=O) groups is 1. The summed E-state index contributed by atoms with van der Waals surface area (Å²) in [6, 6.07) is 9.88. The van der Waals surface area contributed by atoms with Crippen LogP contribution in [0.2, 0.25) is 5.02 Å². The second-order valence-electron chi connectivity index (χ2n) is 4.69. The number of rotatable bonds is 4. The molecule has 0 saturated carbocycles. The molecular formula is C15H13ClF2N2O. The maximum Gasteiger partial charge on any atom is 0.247 e. The fourth-order valence-electron chi connectivity index (χ4n) is 2.05. The third-order valence-corrected chi connectivity index (χ3v) is 3.54. The van der Waals surface area contributed by atoms with E-state index in [1.165, 1.54) is 13.0 Å².